The Labute approximate surface area is 129 Å². The number of aryl methyl sites for hydroxylation is 1. The highest BCUT2D eigenvalue weighted by Gasteiger charge is 2.35. The summed E-state index contributed by atoms with van der Waals surface area (Å²) in [5, 5.41) is 8.37. The van der Waals surface area contributed by atoms with Crippen LogP contribution >= 0.6 is 11.3 Å². The molecule has 2 heterocycles. The zero-order valence-electron chi connectivity index (χ0n) is 12.2. The van der Waals surface area contributed by atoms with Gasteiger partial charge in [0.15, 0.2) is 5.82 Å². The molecule has 0 unspecified atom stereocenters. The molecule has 0 saturated carbocycles. The third-order valence-corrected chi connectivity index (χ3v) is 3.65. The number of anilines is 1. The zero-order chi connectivity index (χ0) is 16.5. The third-order valence-electron chi connectivity index (χ3n) is 2.78. The smallest absolute Gasteiger partial charge is 0.304 e. The number of nitrogens with one attached hydrogen (secondary N) is 1. The first kappa shape index (κ1) is 16.5. The topological polar surface area (TPSA) is 59.8 Å². The van der Waals surface area contributed by atoms with Crippen molar-refractivity contribution in [1.82, 2.24) is 14.8 Å². The van der Waals surface area contributed by atoms with E-state index in [1.165, 1.54) is 18.4 Å². The number of amides is 1. The van der Waals surface area contributed by atoms with Crippen LogP contribution in [0.25, 0.3) is 0 Å². The summed E-state index contributed by atoms with van der Waals surface area (Å²) in [6, 6.07) is 0.791. The molecule has 0 radical (unpaired) electrons. The molecule has 1 N–H and O–H groups in total. The second-order valence-corrected chi connectivity index (χ2v) is 6.16. The average molecular weight is 332 g/mol. The maximum atomic E-state index is 12.7. The molecule has 22 heavy (non-hydrogen) atoms. The van der Waals surface area contributed by atoms with Gasteiger partial charge in [-0.3, -0.25) is 9.48 Å². The standard InChI is InChI=1S/C13H15F3N4OS/c1-7(2)4-11-17-8(6-22-11)12(21)18-10-5-9(13(14,15)16)20(3)19-10/h5-7H,4H2,1-3H3,(H,18,19,21). The molecule has 5 nitrogen and oxygen atoms in total. The predicted molar refractivity (Wildman–Crippen MR) is 76.8 cm³/mol. The molecule has 0 spiro atoms. The van der Waals surface area contributed by atoms with Crippen LogP contribution in [0.4, 0.5) is 19.0 Å². The molecule has 0 aliphatic heterocycles. The van der Waals surface area contributed by atoms with Crippen LogP contribution in [-0.4, -0.2) is 20.7 Å². The molecule has 0 fully saturated rings. The third kappa shape index (κ3) is 3.85. The quantitative estimate of drug-likeness (QED) is 0.934. The molecule has 1 amide bonds. The lowest BCUT2D eigenvalue weighted by Crippen LogP contribution is -2.13. The average Bonchev–Trinajstić information content (AvgIpc) is 2.94. The molecule has 0 aromatic carbocycles. The van der Waals surface area contributed by atoms with E-state index in [-0.39, 0.29) is 11.5 Å². The van der Waals surface area contributed by atoms with E-state index in [1.54, 1.807) is 5.38 Å². The van der Waals surface area contributed by atoms with E-state index in [2.05, 4.69) is 15.4 Å². The lowest BCUT2D eigenvalue weighted by Gasteiger charge is -2.04. The molecule has 0 atom stereocenters. The summed E-state index contributed by atoms with van der Waals surface area (Å²) < 4.78 is 38.7. The van der Waals surface area contributed by atoms with Crippen molar-refractivity contribution in [2.45, 2.75) is 26.4 Å². The number of nitrogens with zero attached hydrogens (tertiary/aromatic N) is 3. The largest absolute Gasteiger partial charge is 0.433 e. The number of alkyl halides is 3. The van der Waals surface area contributed by atoms with Gasteiger partial charge < -0.3 is 5.32 Å². The number of carbonyl (C=O) groups excluding carboxylic acids is 1. The summed E-state index contributed by atoms with van der Waals surface area (Å²) in [6.45, 7) is 4.07. The Bertz CT molecular complexity index is 675. The van der Waals surface area contributed by atoms with Crippen LogP contribution in [0.1, 0.15) is 35.0 Å². The van der Waals surface area contributed by atoms with E-state index < -0.39 is 17.8 Å². The maximum absolute atomic E-state index is 12.7. The van der Waals surface area contributed by atoms with Crippen LogP contribution < -0.4 is 5.32 Å². The molecule has 0 saturated heterocycles. The molecule has 2 aromatic heterocycles. The van der Waals surface area contributed by atoms with Crippen molar-refractivity contribution >= 4 is 23.1 Å². The van der Waals surface area contributed by atoms with Gasteiger partial charge in [-0.15, -0.1) is 11.3 Å². The van der Waals surface area contributed by atoms with Crippen molar-refractivity contribution in [3.63, 3.8) is 0 Å². The fraction of sp³-hybridized carbons (Fsp3) is 0.462. The highest BCUT2D eigenvalue weighted by molar-refractivity contribution is 7.09. The van der Waals surface area contributed by atoms with Crippen molar-refractivity contribution in [3.05, 3.63) is 27.8 Å². The Hall–Kier alpha value is -1.90. The summed E-state index contributed by atoms with van der Waals surface area (Å²) in [6.07, 6.45) is -3.77. The van der Waals surface area contributed by atoms with Gasteiger partial charge in [-0.2, -0.15) is 18.3 Å². The number of hydrogen-bond donors (Lipinski definition) is 1. The fourth-order valence-corrected chi connectivity index (χ4v) is 2.82. The lowest BCUT2D eigenvalue weighted by molar-refractivity contribution is -0.143. The summed E-state index contributed by atoms with van der Waals surface area (Å²) in [5.74, 6) is -0.316. The Morgan fingerprint density at radius 1 is 1.45 bits per heavy atom. The van der Waals surface area contributed by atoms with E-state index in [9.17, 15) is 18.0 Å². The van der Waals surface area contributed by atoms with Gasteiger partial charge in [0, 0.05) is 24.9 Å². The number of aromatic nitrogens is 3. The van der Waals surface area contributed by atoms with Crippen LogP contribution in [0.2, 0.25) is 0 Å². The minimum absolute atomic E-state index is 0.154. The van der Waals surface area contributed by atoms with Gasteiger partial charge in [0.2, 0.25) is 0 Å². The number of halogens is 3. The van der Waals surface area contributed by atoms with E-state index in [0.717, 1.165) is 17.5 Å². The van der Waals surface area contributed by atoms with Gasteiger partial charge in [-0.05, 0) is 5.92 Å². The monoisotopic (exact) mass is 332 g/mol. The van der Waals surface area contributed by atoms with Crippen LogP contribution in [0, 0.1) is 5.92 Å². The van der Waals surface area contributed by atoms with Crippen molar-refractivity contribution in [3.8, 4) is 0 Å². The number of carbonyl (C=O) groups is 1. The van der Waals surface area contributed by atoms with Crippen molar-refractivity contribution in [2.75, 3.05) is 5.32 Å². The molecule has 2 rings (SSSR count). The van der Waals surface area contributed by atoms with E-state index in [0.29, 0.717) is 10.6 Å². The zero-order valence-corrected chi connectivity index (χ0v) is 13.0. The van der Waals surface area contributed by atoms with Crippen LogP contribution in [-0.2, 0) is 19.6 Å². The number of rotatable bonds is 4. The van der Waals surface area contributed by atoms with Gasteiger partial charge in [0.1, 0.15) is 11.4 Å². The molecule has 0 bridgehead atoms. The molecule has 120 valence electrons. The first-order valence-electron chi connectivity index (χ1n) is 6.54. The second kappa shape index (κ2) is 6.07. The molecule has 9 heteroatoms. The van der Waals surface area contributed by atoms with Crippen LogP contribution in [0.15, 0.2) is 11.4 Å². The highest BCUT2D eigenvalue weighted by Crippen LogP contribution is 2.30. The molecule has 0 aliphatic carbocycles. The minimum atomic E-state index is -4.52. The lowest BCUT2D eigenvalue weighted by atomic mass is 10.1. The van der Waals surface area contributed by atoms with Gasteiger partial charge in [-0.1, -0.05) is 13.8 Å². The van der Waals surface area contributed by atoms with Crippen molar-refractivity contribution in [2.24, 2.45) is 13.0 Å². The van der Waals surface area contributed by atoms with Crippen molar-refractivity contribution in [1.29, 1.82) is 0 Å². The van der Waals surface area contributed by atoms with Crippen molar-refractivity contribution < 1.29 is 18.0 Å². The Balaban J connectivity index is 2.11. The highest BCUT2D eigenvalue weighted by atomic mass is 32.1. The Morgan fingerprint density at radius 2 is 2.14 bits per heavy atom. The van der Waals surface area contributed by atoms with Gasteiger partial charge in [0.25, 0.3) is 5.91 Å². The molecular formula is C13H15F3N4OS. The summed E-state index contributed by atoms with van der Waals surface area (Å²) >= 11 is 1.35. The predicted octanol–water partition coefficient (Wildman–Crippen LogP) is 3.35. The second-order valence-electron chi connectivity index (χ2n) is 5.21. The summed E-state index contributed by atoms with van der Waals surface area (Å²) in [4.78, 5) is 16.2. The number of thiazole rings is 1. The Kier molecular flexibility index (Phi) is 4.55. The SMILES string of the molecule is CC(C)Cc1nc(C(=O)Nc2cc(C(F)(F)F)n(C)n2)cs1. The van der Waals surface area contributed by atoms with E-state index >= 15 is 0 Å². The number of hydrogen-bond acceptors (Lipinski definition) is 4. The molecular weight excluding hydrogens is 317 g/mol. The fourth-order valence-electron chi connectivity index (χ4n) is 1.83. The molecule has 0 aliphatic rings. The minimum Gasteiger partial charge on any atom is -0.304 e. The van der Waals surface area contributed by atoms with Gasteiger partial charge in [0.05, 0.1) is 5.01 Å². The summed E-state index contributed by atoms with van der Waals surface area (Å²) in [7, 11) is 1.17. The summed E-state index contributed by atoms with van der Waals surface area (Å²) in [5.41, 5.74) is -0.749. The van der Waals surface area contributed by atoms with E-state index in [1.807, 2.05) is 13.8 Å². The van der Waals surface area contributed by atoms with Crippen LogP contribution in [0.5, 0.6) is 0 Å². The Morgan fingerprint density at radius 3 is 2.68 bits per heavy atom. The van der Waals surface area contributed by atoms with E-state index in [4.69, 9.17) is 0 Å². The van der Waals surface area contributed by atoms with Gasteiger partial charge >= 0.3 is 6.18 Å². The first-order chi connectivity index (χ1) is 10.2. The molecule has 2 aromatic rings. The normalized spacial score (nSPS) is 12.0. The first-order valence-corrected chi connectivity index (χ1v) is 7.41. The maximum Gasteiger partial charge on any atom is 0.433 e. The van der Waals surface area contributed by atoms with Gasteiger partial charge in [-0.25, -0.2) is 4.98 Å². The van der Waals surface area contributed by atoms with Crippen LogP contribution in [0.3, 0.4) is 0 Å².